The van der Waals surface area contributed by atoms with Crippen LogP contribution < -0.4 is 5.32 Å². The van der Waals surface area contributed by atoms with Crippen molar-refractivity contribution in [2.24, 2.45) is 5.92 Å². The molecule has 0 spiro atoms. The van der Waals surface area contributed by atoms with Crippen molar-refractivity contribution in [1.82, 2.24) is 19.6 Å². The van der Waals surface area contributed by atoms with Crippen LogP contribution in [0.5, 0.6) is 0 Å². The summed E-state index contributed by atoms with van der Waals surface area (Å²) in [4.78, 5) is 0. The average Bonchev–Trinajstić information content (AvgIpc) is 3.19. The van der Waals surface area contributed by atoms with Gasteiger partial charge < -0.3 is 10.1 Å². The molecule has 2 aromatic heterocycles. The van der Waals surface area contributed by atoms with Crippen molar-refractivity contribution in [2.75, 3.05) is 18.5 Å². The molecule has 2 atom stereocenters. The molecule has 2 aromatic rings. The van der Waals surface area contributed by atoms with E-state index in [2.05, 4.69) is 60.2 Å². The zero-order valence-electron chi connectivity index (χ0n) is 15.2. The molecule has 0 radical (unpaired) electrons. The second-order valence-corrected chi connectivity index (χ2v) is 6.91. The first-order valence-corrected chi connectivity index (χ1v) is 9.02. The molecule has 6 heteroatoms. The highest BCUT2D eigenvalue weighted by Gasteiger charge is 2.28. The van der Waals surface area contributed by atoms with Gasteiger partial charge in [0, 0.05) is 55.2 Å². The Balaban J connectivity index is 1.66. The van der Waals surface area contributed by atoms with Crippen LogP contribution in [-0.4, -0.2) is 32.7 Å². The minimum atomic E-state index is 0.125. The van der Waals surface area contributed by atoms with E-state index in [0.29, 0.717) is 12.0 Å². The van der Waals surface area contributed by atoms with Crippen LogP contribution in [0.4, 0.5) is 5.82 Å². The Morgan fingerprint density at radius 2 is 2.25 bits per heavy atom. The number of hydrogen-bond donors (Lipinski definition) is 1. The Morgan fingerprint density at radius 3 is 2.92 bits per heavy atom. The summed E-state index contributed by atoms with van der Waals surface area (Å²) in [7, 11) is 0. The second kappa shape index (κ2) is 7.38. The number of aromatic nitrogens is 4. The van der Waals surface area contributed by atoms with Crippen LogP contribution in [0.25, 0.3) is 0 Å². The third-order valence-corrected chi connectivity index (χ3v) is 4.71. The van der Waals surface area contributed by atoms with E-state index in [1.165, 1.54) is 17.7 Å². The van der Waals surface area contributed by atoms with Crippen molar-refractivity contribution in [3.63, 3.8) is 0 Å². The van der Waals surface area contributed by atoms with E-state index in [-0.39, 0.29) is 6.10 Å². The Kier molecular flexibility index (Phi) is 5.23. The van der Waals surface area contributed by atoms with Crippen LogP contribution in [-0.2, 0) is 11.3 Å². The maximum Gasteiger partial charge on any atom is 0.148 e. The first-order valence-electron chi connectivity index (χ1n) is 9.02. The van der Waals surface area contributed by atoms with Crippen molar-refractivity contribution >= 4 is 5.82 Å². The van der Waals surface area contributed by atoms with Gasteiger partial charge in [0.15, 0.2) is 0 Å². The maximum absolute atomic E-state index is 6.07. The summed E-state index contributed by atoms with van der Waals surface area (Å²) in [6, 6.07) is 2.50. The molecule has 3 rings (SSSR count). The number of nitrogens with zero attached hydrogens (tertiary/aromatic N) is 4. The summed E-state index contributed by atoms with van der Waals surface area (Å²) in [5, 5.41) is 12.6. The molecule has 0 bridgehead atoms. The van der Waals surface area contributed by atoms with Crippen LogP contribution in [0, 0.1) is 12.8 Å². The second-order valence-electron chi connectivity index (χ2n) is 6.91. The van der Waals surface area contributed by atoms with E-state index in [9.17, 15) is 0 Å². The third-order valence-electron chi connectivity index (χ3n) is 4.71. The van der Waals surface area contributed by atoms with Gasteiger partial charge in [0.1, 0.15) is 5.82 Å². The molecule has 1 fully saturated rings. The Bertz CT molecular complexity index is 660. The molecule has 1 saturated heterocycles. The Morgan fingerprint density at radius 1 is 1.42 bits per heavy atom. The standard InChI is InChI=1S/C18H29N5O/c1-5-22-12-16(11-20-22)18-15(7-6-8-24-18)10-19-17-9-14(4)23(21-17)13(2)3/h9,11-13,15,18H,5-8,10H2,1-4H3,(H,19,21)/t15-,18+/m0/s1. The van der Waals surface area contributed by atoms with E-state index in [1.807, 2.05) is 10.9 Å². The molecule has 24 heavy (non-hydrogen) atoms. The molecule has 0 saturated carbocycles. The summed E-state index contributed by atoms with van der Waals surface area (Å²) >= 11 is 0. The normalized spacial score (nSPS) is 21.4. The molecular formula is C18H29N5O. The highest BCUT2D eigenvalue weighted by atomic mass is 16.5. The lowest BCUT2D eigenvalue weighted by Gasteiger charge is -2.31. The smallest absolute Gasteiger partial charge is 0.148 e. The topological polar surface area (TPSA) is 56.9 Å². The van der Waals surface area contributed by atoms with Gasteiger partial charge in [-0.1, -0.05) is 0 Å². The number of hydrogen-bond acceptors (Lipinski definition) is 4. The highest BCUT2D eigenvalue weighted by Crippen LogP contribution is 2.33. The largest absolute Gasteiger partial charge is 0.373 e. The molecule has 132 valence electrons. The van der Waals surface area contributed by atoms with Crippen molar-refractivity contribution in [3.05, 3.63) is 29.7 Å². The minimum Gasteiger partial charge on any atom is -0.373 e. The minimum absolute atomic E-state index is 0.125. The molecule has 3 heterocycles. The van der Waals surface area contributed by atoms with E-state index >= 15 is 0 Å². The van der Waals surface area contributed by atoms with Gasteiger partial charge in [-0.15, -0.1) is 0 Å². The van der Waals surface area contributed by atoms with Crippen LogP contribution in [0.2, 0.25) is 0 Å². The first kappa shape index (κ1) is 17.0. The van der Waals surface area contributed by atoms with Gasteiger partial charge in [0.2, 0.25) is 0 Å². The molecule has 0 amide bonds. The molecule has 1 N–H and O–H groups in total. The summed E-state index contributed by atoms with van der Waals surface area (Å²) < 4.78 is 10.1. The van der Waals surface area contributed by atoms with Crippen molar-refractivity contribution in [3.8, 4) is 0 Å². The van der Waals surface area contributed by atoms with Gasteiger partial charge in [-0.2, -0.15) is 10.2 Å². The quantitative estimate of drug-likeness (QED) is 0.879. The lowest BCUT2D eigenvalue weighted by Crippen LogP contribution is -2.28. The fraction of sp³-hybridized carbons (Fsp3) is 0.667. The lowest BCUT2D eigenvalue weighted by molar-refractivity contribution is -0.0239. The van der Waals surface area contributed by atoms with Crippen molar-refractivity contribution < 1.29 is 4.74 Å². The number of anilines is 1. The summed E-state index contributed by atoms with van der Waals surface area (Å²) in [6.45, 7) is 11.1. The molecule has 1 aliphatic heterocycles. The van der Waals surface area contributed by atoms with Gasteiger partial charge in [-0.25, -0.2) is 0 Å². The van der Waals surface area contributed by atoms with Gasteiger partial charge in [-0.3, -0.25) is 9.36 Å². The van der Waals surface area contributed by atoms with E-state index in [0.717, 1.165) is 31.9 Å². The van der Waals surface area contributed by atoms with E-state index < -0.39 is 0 Å². The van der Waals surface area contributed by atoms with E-state index in [1.54, 1.807) is 0 Å². The zero-order chi connectivity index (χ0) is 17.1. The van der Waals surface area contributed by atoms with E-state index in [4.69, 9.17) is 4.74 Å². The fourth-order valence-electron chi connectivity index (χ4n) is 3.45. The predicted octanol–water partition coefficient (Wildman–Crippen LogP) is 3.57. The summed E-state index contributed by atoms with van der Waals surface area (Å²) in [6.07, 6.45) is 6.47. The van der Waals surface area contributed by atoms with Crippen LogP contribution in [0.1, 0.15) is 57.0 Å². The van der Waals surface area contributed by atoms with Crippen LogP contribution in [0.15, 0.2) is 18.5 Å². The monoisotopic (exact) mass is 331 g/mol. The fourth-order valence-corrected chi connectivity index (χ4v) is 3.45. The number of nitrogens with one attached hydrogen (secondary N) is 1. The summed E-state index contributed by atoms with van der Waals surface area (Å²) in [5.74, 6) is 1.40. The van der Waals surface area contributed by atoms with Crippen LogP contribution in [0.3, 0.4) is 0 Å². The molecule has 0 aromatic carbocycles. The Labute approximate surface area is 144 Å². The van der Waals surface area contributed by atoms with Gasteiger partial charge >= 0.3 is 0 Å². The van der Waals surface area contributed by atoms with Crippen molar-refractivity contribution in [2.45, 2.75) is 59.2 Å². The number of rotatable bonds is 6. The SMILES string of the molecule is CCn1cc([C@@H]2OCCC[C@H]2CNc2cc(C)n(C(C)C)n2)cn1. The Hall–Kier alpha value is -1.82. The zero-order valence-corrected chi connectivity index (χ0v) is 15.2. The summed E-state index contributed by atoms with van der Waals surface area (Å²) in [5.41, 5.74) is 2.38. The van der Waals surface area contributed by atoms with Crippen LogP contribution >= 0.6 is 0 Å². The molecular weight excluding hydrogens is 302 g/mol. The van der Waals surface area contributed by atoms with Gasteiger partial charge in [0.05, 0.1) is 12.3 Å². The van der Waals surface area contributed by atoms with Crippen molar-refractivity contribution in [1.29, 1.82) is 0 Å². The molecule has 1 aliphatic rings. The predicted molar refractivity (Wildman–Crippen MR) is 95.2 cm³/mol. The maximum atomic E-state index is 6.07. The van der Waals surface area contributed by atoms with Gasteiger partial charge in [-0.05, 0) is 40.5 Å². The molecule has 0 aliphatic carbocycles. The highest BCUT2D eigenvalue weighted by molar-refractivity contribution is 5.36. The first-order chi connectivity index (χ1) is 11.6. The number of ether oxygens (including phenoxy) is 1. The molecule has 0 unspecified atom stereocenters. The lowest BCUT2D eigenvalue weighted by atomic mass is 9.91. The van der Waals surface area contributed by atoms with Gasteiger partial charge in [0.25, 0.3) is 0 Å². The third kappa shape index (κ3) is 3.64. The number of aryl methyl sites for hydroxylation is 2. The average molecular weight is 331 g/mol. The molecule has 6 nitrogen and oxygen atoms in total.